The van der Waals surface area contributed by atoms with Crippen molar-refractivity contribution in [3.05, 3.63) is 28.6 Å². The number of halogens is 1. The van der Waals surface area contributed by atoms with Crippen molar-refractivity contribution >= 4 is 39.9 Å². The van der Waals surface area contributed by atoms with Crippen molar-refractivity contribution < 1.29 is 29.0 Å². The highest BCUT2D eigenvalue weighted by atomic mass is 79.9. The molecule has 0 atom stereocenters. The van der Waals surface area contributed by atoms with Gasteiger partial charge < -0.3 is 19.5 Å². The fraction of sp³-hybridized carbons (Fsp3) is 0.182. The van der Waals surface area contributed by atoms with Gasteiger partial charge in [0, 0.05) is 6.08 Å². The van der Waals surface area contributed by atoms with Crippen LogP contribution in [0.1, 0.15) is 5.76 Å². The molecule has 0 aliphatic heterocycles. The summed E-state index contributed by atoms with van der Waals surface area (Å²) < 4.78 is 5.58. The zero-order valence-electron chi connectivity index (χ0n) is 9.58. The first-order chi connectivity index (χ1) is 8.88. The maximum atomic E-state index is 11.7. The molecular formula is C11H10BrNO6. The van der Waals surface area contributed by atoms with E-state index in [0.29, 0.717) is 15.3 Å². The van der Waals surface area contributed by atoms with Gasteiger partial charge >= 0.3 is 11.9 Å². The van der Waals surface area contributed by atoms with Crippen LogP contribution >= 0.6 is 15.9 Å². The number of furan rings is 1. The maximum Gasteiger partial charge on any atom is 0.323 e. The Kier molecular flexibility index (Phi) is 5.31. The van der Waals surface area contributed by atoms with Gasteiger partial charge in [0.15, 0.2) is 4.67 Å². The lowest BCUT2D eigenvalue weighted by Crippen LogP contribution is -2.38. The van der Waals surface area contributed by atoms with Crippen molar-refractivity contribution in [1.29, 1.82) is 0 Å². The van der Waals surface area contributed by atoms with Gasteiger partial charge in [-0.15, -0.1) is 0 Å². The molecule has 0 aromatic carbocycles. The minimum atomic E-state index is -1.29. The second kappa shape index (κ2) is 6.74. The van der Waals surface area contributed by atoms with E-state index in [2.05, 4.69) is 15.9 Å². The van der Waals surface area contributed by atoms with E-state index in [1.54, 1.807) is 12.1 Å². The van der Waals surface area contributed by atoms with E-state index in [9.17, 15) is 14.4 Å². The molecule has 7 nitrogen and oxygen atoms in total. The maximum absolute atomic E-state index is 11.7. The average Bonchev–Trinajstić information content (AvgIpc) is 2.70. The molecule has 8 heteroatoms. The van der Waals surface area contributed by atoms with Gasteiger partial charge in [-0.3, -0.25) is 14.4 Å². The van der Waals surface area contributed by atoms with Gasteiger partial charge in [0.25, 0.3) is 0 Å². The van der Waals surface area contributed by atoms with Crippen LogP contribution < -0.4 is 0 Å². The molecule has 1 heterocycles. The zero-order chi connectivity index (χ0) is 14.4. The molecule has 0 aliphatic rings. The summed E-state index contributed by atoms with van der Waals surface area (Å²) in [4.78, 5) is 33.4. The number of rotatable bonds is 6. The Hall–Kier alpha value is -2.09. The van der Waals surface area contributed by atoms with Crippen molar-refractivity contribution in [1.82, 2.24) is 4.90 Å². The van der Waals surface area contributed by atoms with Crippen LogP contribution in [0.3, 0.4) is 0 Å². The molecule has 19 heavy (non-hydrogen) atoms. The number of carbonyl (C=O) groups is 3. The fourth-order valence-corrected chi connectivity index (χ4v) is 1.53. The topological polar surface area (TPSA) is 108 Å². The van der Waals surface area contributed by atoms with Crippen LogP contribution in [0, 0.1) is 0 Å². The summed E-state index contributed by atoms with van der Waals surface area (Å²) in [5.41, 5.74) is 0. The SMILES string of the molecule is O=C(O)CN(CC(=O)O)C(=O)C=Cc1ccc(Br)o1. The molecule has 1 rings (SSSR count). The molecule has 0 bridgehead atoms. The number of nitrogens with zero attached hydrogens (tertiary/aromatic N) is 1. The first-order valence-corrected chi connectivity index (χ1v) is 5.83. The summed E-state index contributed by atoms with van der Waals surface area (Å²) in [5, 5.41) is 17.2. The van der Waals surface area contributed by atoms with E-state index >= 15 is 0 Å². The van der Waals surface area contributed by atoms with Crippen LogP contribution in [0.25, 0.3) is 6.08 Å². The lowest BCUT2D eigenvalue weighted by Gasteiger charge is -2.15. The van der Waals surface area contributed by atoms with Gasteiger partial charge in [-0.25, -0.2) is 0 Å². The Bertz CT molecular complexity index is 505. The Balaban J connectivity index is 2.73. The number of aliphatic carboxylic acids is 2. The minimum Gasteiger partial charge on any atom is -0.480 e. The lowest BCUT2D eigenvalue weighted by molar-refractivity contribution is -0.147. The second-order valence-electron chi connectivity index (χ2n) is 3.46. The summed E-state index contributed by atoms with van der Waals surface area (Å²) in [5.74, 6) is -2.92. The second-order valence-corrected chi connectivity index (χ2v) is 4.24. The van der Waals surface area contributed by atoms with E-state index in [1.165, 1.54) is 6.08 Å². The van der Waals surface area contributed by atoms with Crippen LogP contribution in [-0.2, 0) is 14.4 Å². The number of hydrogen-bond acceptors (Lipinski definition) is 4. The summed E-state index contributed by atoms with van der Waals surface area (Å²) >= 11 is 3.08. The molecular weight excluding hydrogens is 322 g/mol. The van der Waals surface area contributed by atoms with Gasteiger partial charge in [-0.1, -0.05) is 0 Å². The Labute approximate surface area is 116 Å². The first-order valence-electron chi connectivity index (χ1n) is 5.04. The summed E-state index contributed by atoms with van der Waals surface area (Å²) in [7, 11) is 0. The highest BCUT2D eigenvalue weighted by Gasteiger charge is 2.17. The Morgan fingerprint density at radius 3 is 2.21 bits per heavy atom. The molecule has 102 valence electrons. The number of carboxylic acid groups (broad SMARTS) is 2. The van der Waals surface area contributed by atoms with Crippen molar-refractivity contribution in [2.24, 2.45) is 0 Å². The van der Waals surface area contributed by atoms with Crippen molar-refractivity contribution in [3.8, 4) is 0 Å². The van der Waals surface area contributed by atoms with Gasteiger partial charge in [-0.05, 0) is 34.1 Å². The van der Waals surface area contributed by atoms with E-state index in [0.717, 1.165) is 6.08 Å². The number of amides is 1. The molecule has 0 saturated heterocycles. The molecule has 0 spiro atoms. The lowest BCUT2D eigenvalue weighted by atomic mass is 10.3. The fourth-order valence-electron chi connectivity index (χ4n) is 1.21. The van der Waals surface area contributed by atoms with Gasteiger partial charge in [0.2, 0.25) is 5.91 Å². The minimum absolute atomic E-state index is 0.380. The molecule has 1 aromatic heterocycles. The molecule has 1 amide bonds. The zero-order valence-corrected chi connectivity index (χ0v) is 11.2. The number of carbonyl (C=O) groups excluding carboxylic acids is 1. The first kappa shape index (κ1) is 15.0. The van der Waals surface area contributed by atoms with Crippen LogP contribution in [-0.4, -0.2) is 46.0 Å². The van der Waals surface area contributed by atoms with Gasteiger partial charge in [-0.2, -0.15) is 0 Å². The van der Waals surface area contributed by atoms with Gasteiger partial charge in [0.1, 0.15) is 18.8 Å². The third-order valence-electron chi connectivity index (χ3n) is 1.95. The average molecular weight is 332 g/mol. The predicted octanol–water partition coefficient (Wildman–Crippen LogP) is 1.05. The third kappa shape index (κ3) is 5.38. The summed E-state index contributed by atoms with van der Waals surface area (Å²) in [6.45, 7) is -1.37. The number of hydrogen-bond donors (Lipinski definition) is 2. The van der Waals surface area contributed by atoms with Crippen molar-refractivity contribution in [2.45, 2.75) is 0 Å². The predicted molar refractivity (Wildman–Crippen MR) is 67.3 cm³/mol. The van der Waals surface area contributed by atoms with Crippen LogP contribution in [0.5, 0.6) is 0 Å². The normalized spacial score (nSPS) is 10.6. The Morgan fingerprint density at radius 2 is 1.79 bits per heavy atom. The molecule has 0 fully saturated rings. The van der Waals surface area contributed by atoms with E-state index in [4.69, 9.17) is 14.6 Å². The summed E-state index contributed by atoms with van der Waals surface area (Å²) in [6.07, 6.45) is 2.38. The van der Waals surface area contributed by atoms with E-state index < -0.39 is 30.9 Å². The highest BCUT2D eigenvalue weighted by molar-refractivity contribution is 9.10. The molecule has 1 aromatic rings. The molecule has 0 aliphatic carbocycles. The highest BCUT2D eigenvalue weighted by Crippen LogP contribution is 2.15. The molecule has 0 radical (unpaired) electrons. The van der Waals surface area contributed by atoms with Gasteiger partial charge in [0.05, 0.1) is 0 Å². The molecule has 0 saturated carbocycles. The molecule has 0 unspecified atom stereocenters. The standard InChI is InChI=1S/C11H10BrNO6/c12-8-3-1-7(19-8)2-4-9(14)13(5-10(15)16)6-11(17)18/h1-4H,5-6H2,(H,15,16)(H,17,18). The largest absolute Gasteiger partial charge is 0.480 e. The summed E-state index contributed by atoms with van der Waals surface area (Å²) in [6, 6.07) is 3.21. The van der Waals surface area contributed by atoms with Crippen LogP contribution in [0.15, 0.2) is 27.3 Å². The van der Waals surface area contributed by atoms with Crippen molar-refractivity contribution in [3.63, 3.8) is 0 Å². The smallest absolute Gasteiger partial charge is 0.323 e. The van der Waals surface area contributed by atoms with Crippen molar-refractivity contribution in [2.75, 3.05) is 13.1 Å². The van der Waals surface area contributed by atoms with Crippen LogP contribution in [0.4, 0.5) is 0 Å². The van der Waals surface area contributed by atoms with Crippen LogP contribution in [0.2, 0.25) is 0 Å². The third-order valence-corrected chi connectivity index (χ3v) is 2.37. The monoisotopic (exact) mass is 331 g/mol. The molecule has 2 N–H and O–H groups in total. The number of carboxylic acids is 2. The quantitative estimate of drug-likeness (QED) is 0.754. The van der Waals surface area contributed by atoms with E-state index in [1.807, 2.05) is 0 Å². The van der Waals surface area contributed by atoms with E-state index in [-0.39, 0.29) is 0 Å². The Morgan fingerprint density at radius 1 is 1.21 bits per heavy atom.